The summed E-state index contributed by atoms with van der Waals surface area (Å²) in [5.41, 5.74) is 1.76. The second-order valence-electron chi connectivity index (χ2n) is 6.76. The maximum atomic E-state index is 12.5. The Hall–Kier alpha value is -2.63. The average molecular weight is 325 g/mol. The molecule has 1 saturated carbocycles. The number of benzene rings is 1. The molecule has 124 valence electrons. The first-order valence-electron chi connectivity index (χ1n) is 8.19. The van der Waals surface area contributed by atoms with Crippen LogP contribution in [0.3, 0.4) is 0 Å². The van der Waals surface area contributed by atoms with E-state index in [2.05, 4.69) is 22.8 Å². The van der Waals surface area contributed by atoms with Gasteiger partial charge in [-0.25, -0.2) is 4.79 Å². The van der Waals surface area contributed by atoms with Gasteiger partial charge in [-0.3, -0.25) is 14.5 Å². The van der Waals surface area contributed by atoms with Gasteiger partial charge in [-0.05, 0) is 37.3 Å². The summed E-state index contributed by atoms with van der Waals surface area (Å²) in [4.78, 5) is 38.2. The standard InChI is InChI=1S/C18H19N3O3/c1-10-2-6-13(7-3-10)20-18(24)19-9-21-16(22)14-11-4-5-12(8-11)15(14)17(21)23/h2-7,11-12,14-15H,8-9H2,1H3,(H2,19,20,24). The van der Waals surface area contributed by atoms with Crippen LogP contribution in [0.15, 0.2) is 36.4 Å². The summed E-state index contributed by atoms with van der Waals surface area (Å²) in [6.07, 6.45) is 5.01. The number of amides is 4. The molecule has 4 unspecified atom stereocenters. The van der Waals surface area contributed by atoms with Gasteiger partial charge in [0.25, 0.3) is 0 Å². The van der Waals surface area contributed by atoms with Gasteiger partial charge < -0.3 is 10.6 Å². The predicted molar refractivity (Wildman–Crippen MR) is 87.8 cm³/mol. The van der Waals surface area contributed by atoms with Crippen molar-refractivity contribution >= 4 is 23.5 Å². The molecule has 0 aromatic heterocycles. The minimum absolute atomic E-state index is 0.0815. The van der Waals surface area contributed by atoms with E-state index in [4.69, 9.17) is 0 Å². The summed E-state index contributed by atoms with van der Waals surface area (Å²) in [5, 5.41) is 5.29. The first-order chi connectivity index (χ1) is 11.5. The van der Waals surface area contributed by atoms with Gasteiger partial charge in [-0.15, -0.1) is 0 Å². The molecule has 1 heterocycles. The van der Waals surface area contributed by atoms with Crippen molar-refractivity contribution in [3.63, 3.8) is 0 Å². The molecule has 3 aliphatic rings. The Balaban J connectivity index is 1.36. The third kappa shape index (κ3) is 2.29. The van der Waals surface area contributed by atoms with E-state index in [0.29, 0.717) is 5.69 Å². The van der Waals surface area contributed by atoms with Crippen LogP contribution in [0.25, 0.3) is 0 Å². The lowest BCUT2D eigenvalue weighted by atomic mass is 9.85. The Morgan fingerprint density at radius 2 is 1.67 bits per heavy atom. The second kappa shape index (κ2) is 5.47. The SMILES string of the molecule is Cc1ccc(NC(=O)NCN2C(=O)C3C4C=CC(C4)C3C2=O)cc1. The average Bonchev–Trinajstić information content (AvgIpc) is 3.23. The fourth-order valence-electron chi connectivity index (χ4n) is 4.08. The maximum Gasteiger partial charge on any atom is 0.320 e. The zero-order chi connectivity index (χ0) is 16.8. The monoisotopic (exact) mass is 325 g/mol. The lowest BCUT2D eigenvalue weighted by molar-refractivity contribution is -0.140. The number of anilines is 1. The van der Waals surface area contributed by atoms with Crippen LogP contribution in [-0.4, -0.2) is 29.4 Å². The summed E-state index contributed by atoms with van der Waals surface area (Å²) in [6, 6.07) is 6.96. The van der Waals surface area contributed by atoms with Crippen molar-refractivity contribution in [3.05, 3.63) is 42.0 Å². The molecule has 4 rings (SSSR count). The fourth-order valence-corrected chi connectivity index (χ4v) is 4.08. The molecule has 2 N–H and O–H groups in total. The second-order valence-corrected chi connectivity index (χ2v) is 6.76. The number of allylic oxidation sites excluding steroid dienone is 2. The van der Waals surface area contributed by atoms with Crippen molar-refractivity contribution in [2.45, 2.75) is 13.3 Å². The van der Waals surface area contributed by atoms with E-state index in [1.165, 1.54) is 4.90 Å². The smallest absolute Gasteiger partial charge is 0.320 e. The van der Waals surface area contributed by atoms with Crippen LogP contribution in [0.2, 0.25) is 0 Å². The summed E-state index contributed by atoms with van der Waals surface area (Å²) in [7, 11) is 0. The summed E-state index contributed by atoms with van der Waals surface area (Å²) >= 11 is 0. The number of likely N-dealkylation sites (tertiary alicyclic amines) is 1. The maximum absolute atomic E-state index is 12.5. The van der Waals surface area contributed by atoms with Crippen LogP contribution in [0.5, 0.6) is 0 Å². The Kier molecular flexibility index (Phi) is 3.40. The quantitative estimate of drug-likeness (QED) is 0.658. The first kappa shape index (κ1) is 14.9. The number of nitrogens with zero attached hydrogens (tertiary/aromatic N) is 1. The van der Waals surface area contributed by atoms with Crippen LogP contribution < -0.4 is 10.6 Å². The van der Waals surface area contributed by atoms with Gasteiger partial charge in [-0.1, -0.05) is 29.8 Å². The molecule has 24 heavy (non-hydrogen) atoms. The Bertz CT molecular complexity index is 710. The van der Waals surface area contributed by atoms with E-state index < -0.39 is 6.03 Å². The molecule has 1 saturated heterocycles. The molecule has 2 bridgehead atoms. The molecule has 2 fully saturated rings. The normalized spacial score (nSPS) is 30.0. The molecule has 4 atom stereocenters. The number of imide groups is 1. The van der Waals surface area contributed by atoms with Gasteiger partial charge in [0.2, 0.25) is 11.8 Å². The highest BCUT2D eigenvalue weighted by atomic mass is 16.2. The van der Waals surface area contributed by atoms with E-state index in [0.717, 1.165) is 12.0 Å². The number of urea groups is 1. The Morgan fingerprint density at radius 1 is 1.08 bits per heavy atom. The van der Waals surface area contributed by atoms with Gasteiger partial charge in [0, 0.05) is 5.69 Å². The van der Waals surface area contributed by atoms with Crippen LogP contribution in [0.1, 0.15) is 12.0 Å². The number of hydrogen-bond donors (Lipinski definition) is 2. The number of hydrogen-bond acceptors (Lipinski definition) is 3. The summed E-state index contributed by atoms with van der Waals surface area (Å²) < 4.78 is 0. The minimum atomic E-state index is -0.433. The first-order valence-corrected chi connectivity index (χ1v) is 8.19. The van der Waals surface area contributed by atoms with Crippen molar-refractivity contribution in [2.75, 3.05) is 12.0 Å². The van der Waals surface area contributed by atoms with E-state index in [1.807, 2.05) is 19.1 Å². The molecule has 1 aromatic carbocycles. The molecule has 4 amide bonds. The number of fused-ring (bicyclic) bond motifs is 5. The van der Waals surface area contributed by atoms with Gasteiger partial charge in [0.05, 0.1) is 11.8 Å². The predicted octanol–water partition coefficient (Wildman–Crippen LogP) is 1.88. The van der Waals surface area contributed by atoms with Gasteiger partial charge >= 0.3 is 6.03 Å². The fraction of sp³-hybridized carbons (Fsp3) is 0.389. The highest BCUT2D eigenvalue weighted by molar-refractivity contribution is 6.06. The number of rotatable bonds is 3. The number of carbonyl (C=O) groups excluding carboxylic acids is 3. The topological polar surface area (TPSA) is 78.5 Å². The number of nitrogens with one attached hydrogen (secondary N) is 2. The third-order valence-corrected chi connectivity index (χ3v) is 5.27. The summed E-state index contributed by atoms with van der Waals surface area (Å²) in [6.45, 7) is 1.88. The molecular formula is C18H19N3O3. The van der Waals surface area contributed by atoms with Crippen LogP contribution in [0, 0.1) is 30.6 Å². The van der Waals surface area contributed by atoms with E-state index >= 15 is 0 Å². The highest BCUT2D eigenvalue weighted by Crippen LogP contribution is 2.52. The largest absolute Gasteiger partial charge is 0.320 e. The lowest BCUT2D eigenvalue weighted by Gasteiger charge is -2.18. The van der Waals surface area contributed by atoms with Crippen molar-refractivity contribution < 1.29 is 14.4 Å². The van der Waals surface area contributed by atoms with Crippen LogP contribution in [0.4, 0.5) is 10.5 Å². The van der Waals surface area contributed by atoms with Crippen LogP contribution in [-0.2, 0) is 9.59 Å². The molecule has 0 radical (unpaired) electrons. The molecule has 6 heteroatoms. The highest BCUT2D eigenvalue weighted by Gasteiger charge is 2.59. The van der Waals surface area contributed by atoms with Gasteiger partial charge in [0.15, 0.2) is 0 Å². The molecular weight excluding hydrogens is 306 g/mol. The minimum Gasteiger partial charge on any atom is -0.320 e. The van der Waals surface area contributed by atoms with Crippen LogP contribution >= 0.6 is 0 Å². The van der Waals surface area contributed by atoms with Crippen molar-refractivity contribution in [2.24, 2.45) is 23.7 Å². The van der Waals surface area contributed by atoms with Crippen molar-refractivity contribution in [3.8, 4) is 0 Å². The van der Waals surface area contributed by atoms with Crippen molar-refractivity contribution in [1.82, 2.24) is 10.2 Å². The van der Waals surface area contributed by atoms with E-state index in [9.17, 15) is 14.4 Å². The molecule has 0 spiro atoms. The zero-order valence-electron chi connectivity index (χ0n) is 13.4. The van der Waals surface area contributed by atoms with E-state index in [1.54, 1.807) is 12.1 Å². The molecule has 2 aliphatic carbocycles. The Morgan fingerprint density at radius 3 is 2.25 bits per heavy atom. The third-order valence-electron chi connectivity index (χ3n) is 5.27. The Labute approximate surface area is 139 Å². The van der Waals surface area contributed by atoms with E-state index in [-0.39, 0.29) is 42.2 Å². The van der Waals surface area contributed by atoms with Gasteiger partial charge in [-0.2, -0.15) is 0 Å². The molecule has 1 aliphatic heterocycles. The molecule has 6 nitrogen and oxygen atoms in total. The van der Waals surface area contributed by atoms with Crippen molar-refractivity contribution in [1.29, 1.82) is 0 Å². The summed E-state index contributed by atoms with van der Waals surface area (Å²) in [5.74, 6) is -0.399. The molecule has 1 aromatic rings. The number of aryl methyl sites for hydroxylation is 1. The lowest BCUT2D eigenvalue weighted by Crippen LogP contribution is -2.43. The number of carbonyl (C=O) groups is 3. The zero-order valence-corrected chi connectivity index (χ0v) is 13.4. The van der Waals surface area contributed by atoms with Gasteiger partial charge in [0.1, 0.15) is 6.67 Å².